The molecule has 0 radical (unpaired) electrons. The van der Waals surface area contributed by atoms with Gasteiger partial charge in [0.05, 0.1) is 18.9 Å². The molecule has 0 aliphatic carbocycles. The molecule has 8 nitrogen and oxygen atoms in total. The number of fused-ring (bicyclic) bond motifs is 1. The fourth-order valence-electron chi connectivity index (χ4n) is 3.77. The van der Waals surface area contributed by atoms with Crippen LogP contribution in [0.1, 0.15) is 0 Å². The first-order valence-electron chi connectivity index (χ1n) is 10.4. The predicted octanol–water partition coefficient (Wildman–Crippen LogP) is 3.81. The van der Waals surface area contributed by atoms with Crippen molar-refractivity contribution in [2.24, 2.45) is 0 Å². The van der Waals surface area contributed by atoms with Gasteiger partial charge in [-0.15, -0.1) is 10.2 Å². The number of benzene rings is 1. The first kappa shape index (κ1) is 19.0. The van der Waals surface area contributed by atoms with E-state index in [0.29, 0.717) is 13.2 Å². The fraction of sp³-hybridized carbons (Fsp3) is 0.174. The van der Waals surface area contributed by atoms with Crippen molar-refractivity contribution in [3.63, 3.8) is 0 Å². The summed E-state index contributed by atoms with van der Waals surface area (Å²) in [5.74, 6) is 0.977. The van der Waals surface area contributed by atoms with E-state index < -0.39 is 0 Å². The number of nitrogens with zero attached hydrogens (tertiary/aromatic N) is 7. The topological polar surface area (TPSA) is 81.3 Å². The van der Waals surface area contributed by atoms with Crippen LogP contribution in [0.15, 0.2) is 67.0 Å². The maximum Gasteiger partial charge on any atom is 0.166 e. The van der Waals surface area contributed by atoms with Gasteiger partial charge in [0.15, 0.2) is 10.7 Å². The summed E-state index contributed by atoms with van der Waals surface area (Å²) >= 11 is 1.54. The Hall–Kier alpha value is -3.69. The number of hydrogen-bond acceptors (Lipinski definition) is 8. The maximum absolute atomic E-state index is 5.56. The van der Waals surface area contributed by atoms with Gasteiger partial charge in [-0.1, -0.05) is 41.7 Å². The van der Waals surface area contributed by atoms with Crippen LogP contribution in [0.2, 0.25) is 0 Å². The van der Waals surface area contributed by atoms with Gasteiger partial charge in [0.25, 0.3) is 0 Å². The molecule has 5 aromatic rings. The summed E-state index contributed by atoms with van der Waals surface area (Å²) in [6.45, 7) is 2.98. The molecule has 0 amide bonds. The molecule has 1 saturated heterocycles. The van der Waals surface area contributed by atoms with Gasteiger partial charge in [0, 0.05) is 48.7 Å². The highest BCUT2D eigenvalue weighted by molar-refractivity contribution is 7.17. The molecule has 0 bridgehead atoms. The molecule has 0 saturated carbocycles. The second kappa shape index (κ2) is 8.10. The Morgan fingerprint density at radius 2 is 1.59 bits per heavy atom. The molecule has 1 fully saturated rings. The zero-order valence-corrected chi connectivity index (χ0v) is 17.9. The molecular formula is C23H19N7OS. The monoisotopic (exact) mass is 441 g/mol. The molecule has 0 unspecified atom stereocenters. The summed E-state index contributed by atoms with van der Waals surface area (Å²) in [7, 11) is 0. The smallest absolute Gasteiger partial charge is 0.166 e. The van der Waals surface area contributed by atoms with E-state index in [4.69, 9.17) is 14.8 Å². The quantitative estimate of drug-likeness (QED) is 0.419. The van der Waals surface area contributed by atoms with Crippen LogP contribution in [0.5, 0.6) is 0 Å². The predicted molar refractivity (Wildman–Crippen MR) is 124 cm³/mol. The summed E-state index contributed by atoms with van der Waals surface area (Å²) in [5.41, 5.74) is 4.47. The molecule has 32 heavy (non-hydrogen) atoms. The molecule has 1 aromatic carbocycles. The van der Waals surface area contributed by atoms with Gasteiger partial charge < -0.3 is 9.64 Å². The van der Waals surface area contributed by atoms with Gasteiger partial charge in [-0.3, -0.25) is 4.98 Å². The van der Waals surface area contributed by atoms with E-state index in [9.17, 15) is 0 Å². The Morgan fingerprint density at radius 1 is 0.812 bits per heavy atom. The largest absolute Gasteiger partial charge is 0.378 e. The molecule has 0 spiro atoms. The second-order valence-corrected chi connectivity index (χ2v) is 8.39. The van der Waals surface area contributed by atoms with Gasteiger partial charge in [-0.05, 0) is 12.1 Å². The minimum absolute atomic E-state index is 0.689. The standard InChI is InChI=1S/C23H19N7OS/c1-2-4-17(5-3-1)22-26-27-23(32-22)19-15-21(29-10-12-31-13-11-29)30-20(25-19)14-18(28-30)16-6-8-24-9-7-16/h1-9,14-15H,10-13H2. The van der Waals surface area contributed by atoms with Crippen molar-refractivity contribution in [3.8, 4) is 32.5 Å². The lowest BCUT2D eigenvalue weighted by atomic mass is 10.2. The molecule has 4 aromatic heterocycles. The Balaban J connectivity index is 1.48. The van der Waals surface area contributed by atoms with E-state index in [2.05, 4.69) is 26.1 Å². The van der Waals surface area contributed by atoms with Gasteiger partial charge in [0.2, 0.25) is 0 Å². The average molecular weight is 442 g/mol. The third kappa shape index (κ3) is 3.51. The molecule has 0 N–H and O–H groups in total. The van der Waals surface area contributed by atoms with Crippen molar-refractivity contribution < 1.29 is 4.74 Å². The zero-order valence-electron chi connectivity index (χ0n) is 17.1. The highest BCUT2D eigenvalue weighted by atomic mass is 32.1. The van der Waals surface area contributed by atoms with Crippen molar-refractivity contribution in [1.29, 1.82) is 0 Å². The Labute approximate surface area is 188 Å². The zero-order chi connectivity index (χ0) is 21.3. The van der Waals surface area contributed by atoms with Crippen LogP contribution in [0.3, 0.4) is 0 Å². The van der Waals surface area contributed by atoms with Gasteiger partial charge in [-0.25, -0.2) is 4.98 Å². The lowest BCUT2D eigenvalue weighted by molar-refractivity contribution is 0.122. The van der Waals surface area contributed by atoms with Crippen molar-refractivity contribution in [2.45, 2.75) is 0 Å². The van der Waals surface area contributed by atoms with Crippen molar-refractivity contribution in [1.82, 2.24) is 29.8 Å². The lowest BCUT2D eigenvalue weighted by Crippen LogP contribution is -2.37. The number of hydrogen-bond donors (Lipinski definition) is 0. The summed E-state index contributed by atoms with van der Waals surface area (Å²) in [4.78, 5) is 11.3. The van der Waals surface area contributed by atoms with Crippen molar-refractivity contribution >= 4 is 22.8 Å². The van der Waals surface area contributed by atoms with Crippen LogP contribution in [0, 0.1) is 0 Å². The van der Waals surface area contributed by atoms with Crippen molar-refractivity contribution in [3.05, 3.63) is 67.0 Å². The lowest BCUT2D eigenvalue weighted by Gasteiger charge is -2.29. The number of aromatic nitrogens is 6. The molecular weight excluding hydrogens is 422 g/mol. The highest BCUT2D eigenvalue weighted by Crippen LogP contribution is 2.32. The van der Waals surface area contributed by atoms with E-state index in [1.54, 1.807) is 23.7 Å². The summed E-state index contributed by atoms with van der Waals surface area (Å²) in [5, 5.41) is 15.4. The summed E-state index contributed by atoms with van der Waals surface area (Å²) in [6.07, 6.45) is 3.54. The Morgan fingerprint density at radius 3 is 2.41 bits per heavy atom. The van der Waals surface area contributed by atoms with Crippen LogP contribution >= 0.6 is 11.3 Å². The average Bonchev–Trinajstić information content (AvgIpc) is 3.53. The summed E-state index contributed by atoms with van der Waals surface area (Å²) in [6, 6.07) is 18.0. The van der Waals surface area contributed by atoms with Gasteiger partial charge in [0.1, 0.15) is 16.5 Å². The van der Waals surface area contributed by atoms with Crippen molar-refractivity contribution in [2.75, 3.05) is 31.2 Å². The van der Waals surface area contributed by atoms with Crippen LogP contribution < -0.4 is 4.90 Å². The molecule has 5 heterocycles. The fourth-order valence-corrected chi connectivity index (χ4v) is 4.58. The molecule has 158 valence electrons. The minimum atomic E-state index is 0.689. The first-order chi connectivity index (χ1) is 15.8. The van der Waals surface area contributed by atoms with Gasteiger partial charge >= 0.3 is 0 Å². The first-order valence-corrected chi connectivity index (χ1v) is 11.2. The van der Waals surface area contributed by atoms with Crippen LogP contribution in [0.25, 0.3) is 38.2 Å². The normalized spacial score (nSPS) is 14.2. The third-order valence-corrected chi connectivity index (χ3v) is 6.38. The van der Waals surface area contributed by atoms with E-state index in [1.807, 2.05) is 53.0 Å². The molecule has 0 atom stereocenters. The molecule has 1 aliphatic heterocycles. The second-order valence-electron chi connectivity index (χ2n) is 7.41. The van der Waals surface area contributed by atoms with Crippen LogP contribution in [-0.4, -0.2) is 56.1 Å². The van der Waals surface area contributed by atoms with E-state index >= 15 is 0 Å². The van der Waals surface area contributed by atoms with Gasteiger partial charge in [-0.2, -0.15) is 9.61 Å². The van der Waals surface area contributed by atoms with Crippen LogP contribution in [0.4, 0.5) is 5.82 Å². The highest BCUT2D eigenvalue weighted by Gasteiger charge is 2.20. The van der Waals surface area contributed by atoms with E-state index in [1.165, 1.54) is 0 Å². The number of pyridine rings is 1. The minimum Gasteiger partial charge on any atom is -0.378 e. The Kier molecular flexibility index (Phi) is 4.82. The Bertz CT molecular complexity index is 1360. The number of anilines is 1. The number of morpholine rings is 1. The SMILES string of the molecule is c1ccc(-c2nnc(-c3cc(N4CCOCC4)n4nc(-c5ccncc5)cc4n3)s2)cc1. The van der Waals surface area contributed by atoms with E-state index in [0.717, 1.165) is 57.1 Å². The number of rotatable bonds is 4. The van der Waals surface area contributed by atoms with E-state index in [-0.39, 0.29) is 0 Å². The maximum atomic E-state index is 5.56. The third-order valence-electron chi connectivity index (χ3n) is 5.38. The molecule has 1 aliphatic rings. The number of ether oxygens (including phenoxy) is 1. The molecule has 9 heteroatoms. The summed E-state index contributed by atoms with van der Waals surface area (Å²) < 4.78 is 7.47. The van der Waals surface area contributed by atoms with Crippen LogP contribution in [-0.2, 0) is 4.74 Å². The molecule has 6 rings (SSSR count).